The van der Waals surface area contributed by atoms with Crippen LogP contribution in [-0.4, -0.2) is 129 Å². The predicted molar refractivity (Wildman–Crippen MR) is 279 cm³/mol. The molecular weight excluding hydrogens is 943 g/mol. The van der Waals surface area contributed by atoms with Gasteiger partial charge in [-0.15, -0.1) is 6.42 Å². The fourth-order valence-corrected chi connectivity index (χ4v) is 13.5. The van der Waals surface area contributed by atoms with Crippen molar-refractivity contribution in [1.29, 1.82) is 0 Å². The zero-order chi connectivity index (χ0) is 51.0. The van der Waals surface area contributed by atoms with Gasteiger partial charge in [-0.1, -0.05) is 18.1 Å². The first-order valence-corrected chi connectivity index (χ1v) is 26.6. The molecule has 7 heterocycles. The molecule has 2 bridgehead atoms. The van der Waals surface area contributed by atoms with E-state index in [2.05, 4.69) is 48.4 Å². The van der Waals surface area contributed by atoms with E-state index in [4.69, 9.17) is 21.1 Å². The number of phenolic OH excluding ortho intramolecular Hbond substituents is 1. The number of pyridine rings is 1. The van der Waals surface area contributed by atoms with Crippen LogP contribution in [0, 0.1) is 34.8 Å². The lowest BCUT2D eigenvalue weighted by molar-refractivity contribution is -0.124. The van der Waals surface area contributed by atoms with Gasteiger partial charge in [0.05, 0.1) is 28.6 Å². The average Bonchev–Trinajstić information content (AvgIpc) is 4.03. The van der Waals surface area contributed by atoms with Crippen LogP contribution in [0.1, 0.15) is 100 Å². The van der Waals surface area contributed by atoms with Crippen molar-refractivity contribution >= 4 is 50.7 Å². The number of ether oxygens (including phenoxy) is 1. The van der Waals surface area contributed by atoms with Gasteiger partial charge in [0.25, 0.3) is 0 Å². The number of halogens is 2. The van der Waals surface area contributed by atoms with Crippen LogP contribution < -0.4 is 26.0 Å². The van der Waals surface area contributed by atoms with Crippen LogP contribution in [0.4, 0.5) is 14.6 Å². The molecule has 17 heteroatoms. The number of anilines is 1. The van der Waals surface area contributed by atoms with Crippen molar-refractivity contribution in [1.82, 2.24) is 44.5 Å². The summed E-state index contributed by atoms with van der Waals surface area (Å²) < 4.78 is 42.0. The Kier molecular flexibility index (Phi) is 12.5. The maximum atomic E-state index is 17.2. The van der Waals surface area contributed by atoms with Gasteiger partial charge in [-0.3, -0.25) is 18.9 Å². The number of aromatic hydroxyl groups is 1. The van der Waals surface area contributed by atoms with E-state index >= 15 is 8.78 Å². The van der Waals surface area contributed by atoms with E-state index in [1.807, 2.05) is 6.07 Å². The van der Waals surface area contributed by atoms with Crippen LogP contribution in [-0.2, 0) is 16.6 Å². The second-order valence-corrected chi connectivity index (χ2v) is 22.5. The molecule has 6 fully saturated rings. The zero-order valence-electron chi connectivity index (χ0n) is 42.2. The SMILES string of the molecule is C#Cc1c(F)ccc2cc(O)cc(-c3ncc4c(N5CC6CCC(C5)N6)nc(OCC5(CN6CCC7(CC6)CC(N6CCC(c8ccc9c(c8)n(C)c(=O)n9C(CCC=O)C(=O)NC)CC6)C7)CC5)nc4c3F)c12. The van der Waals surface area contributed by atoms with Crippen LogP contribution in [0.25, 0.3) is 44.0 Å². The molecule has 3 aromatic heterocycles. The first kappa shape index (κ1) is 48.5. The molecular formula is C57H64F2N10O5. The van der Waals surface area contributed by atoms with E-state index in [0.29, 0.717) is 71.3 Å². The molecule has 15 nitrogen and oxygen atoms in total. The number of nitrogens with one attached hydrogen (secondary N) is 2. The molecule has 3 atom stereocenters. The van der Waals surface area contributed by atoms with Gasteiger partial charge >= 0.3 is 11.7 Å². The number of hydrogen-bond donors (Lipinski definition) is 3. The van der Waals surface area contributed by atoms with Crippen LogP contribution in [0.15, 0.2) is 53.5 Å². The van der Waals surface area contributed by atoms with Crippen molar-refractivity contribution in [2.24, 2.45) is 17.9 Å². The number of hydrogen-bond acceptors (Lipinski definition) is 12. The third kappa shape index (κ3) is 8.66. The number of terminal acetylenes is 1. The molecule has 0 radical (unpaired) electrons. The lowest BCUT2D eigenvalue weighted by Gasteiger charge is -2.56. The Morgan fingerprint density at radius 3 is 2.46 bits per heavy atom. The molecule has 12 rings (SSSR count). The van der Waals surface area contributed by atoms with Crippen LogP contribution >= 0.6 is 0 Å². The van der Waals surface area contributed by atoms with E-state index in [1.165, 1.54) is 60.1 Å². The summed E-state index contributed by atoms with van der Waals surface area (Å²) in [5.41, 5.74) is 2.93. The van der Waals surface area contributed by atoms with E-state index in [0.717, 1.165) is 83.1 Å². The highest BCUT2D eigenvalue weighted by Crippen LogP contribution is 2.53. The fourth-order valence-electron chi connectivity index (χ4n) is 13.5. The van der Waals surface area contributed by atoms with Crippen molar-refractivity contribution < 1.29 is 28.2 Å². The molecule has 2 saturated carbocycles. The van der Waals surface area contributed by atoms with E-state index < -0.39 is 17.7 Å². The second kappa shape index (κ2) is 19.0. The first-order chi connectivity index (χ1) is 35.9. The average molecular weight is 1010 g/mol. The molecule has 3 N–H and O–H groups in total. The molecule has 6 aliphatic rings. The normalized spacial score (nSPS) is 22.3. The summed E-state index contributed by atoms with van der Waals surface area (Å²) in [6.45, 7) is 6.99. The lowest BCUT2D eigenvalue weighted by Crippen LogP contribution is -2.56. The maximum Gasteiger partial charge on any atom is 0.329 e. The highest BCUT2D eigenvalue weighted by atomic mass is 19.1. The topological polar surface area (TPSA) is 163 Å². The number of fused-ring (bicyclic) bond motifs is 5. The summed E-state index contributed by atoms with van der Waals surface area (Å²) in [5.74, 6) is 1.64. The van der Waals surface area contributed by atoms with Gasteiger partial charge < -0.3 is 40.0 Å². The summed E-state index contributed by atoms with van der Waals surface area (Å²) in [6.07, 6.45) is 19.8. The summed E-state index contributed by atoms with van der Waals surface area (Å²) in [7, 11) is 3.30. The molecule has 2 aliphatic carbocycles. The van der Waals surface area contributed by atoms with Gasteiger partial charge in [0.15, 0.2) is 5.82 Å². The second-order valence-electron chi connectivity index (χ2n) is 22.5. The number of piperazine rings is 1. The Bertz CT molecular complexity index is 3290. The van der Waals surface area contributed by atoms with Crippen molar-refractivity contribution in [3.63, 3.8) is 0 Å². The van der Waals surface area contributed by atoms with Gasteiger partial charge in [0.1, 0.15) is 40.9 Å². The number of aromatic nitrogens is 5. The molecule has 6 aromatic rings. The van der Waals surface area contributed by atoms with Gasteiger partial charge in [-0.05, 0) is 149 Å². The Balaban J connectivity index is 0.687. The Labute approximate surface area is 428 Å². The highest BCUT2D eigenvalue weighted by molar-refractivity contribution is 6.03. The third-order valence-electron chi connectivity index (χ3n) is 17.9. The van der Waals surface area contributed by atoms with Crippen LogP contribution in [0.5, 0.6) is 11.8 Å². The number of aryl methyl sites for hydroxylation is 1. The smallest absolute Gasteiger partial charge is 0.329 e. The monoisotopic (exact) mass is 1010 g/mol. The molecule has 4 saturated heterocycles. The lowest BCUT2D eigenvalue weighted by atomic mass is 9.59. The van der Waals surface area contributed by atoms with E-state index in [1.54, 1.807) is 24.9 Å². The number of likely N-dealkylation sites (tertiary alicyclic amines) is 2. The van der Waals surface area contributed by atoms with Crippen molar-refractivity contribution in [2.75, 3.05) is 64.4 Å². The highest BCUT2D eigenvalue weighted by Gasteiger charge is 2.51. The number of piperidine rings is 2. The molecule has 1 amide bonds. The van der Waals surface area contributed by atoms with E-state index in [9.17, 15) is 19.5 Å². The summed E-state index contributed by atoms with van der Waals surface area (Å²) in [4.78, 5) is 59.3. The number of amides is 1. The predicted octanol–water partition coefficient (Wildman–Crippen LogP) is 6.95. The Morgan fingerprint density at radius 2 is 1.76 bits per heavy atom. The number of phenols is 1. The van der Waals surface area contributed by atoms with Crippen molar-refractivity contribution in [3.8, 4) is 35.4 Å². The summed E-state index contributed by atoms with van der Waals surface area (Å²) >= 11 is 0. The zero-order valence-corrected chi connectivity index (χ0v) is 42.2. The Hall–Kier alpha value is -6.48. The number of imidazole rings is 1. The molecule has 386 valence electrons. The number of rotatable bonds is 14. The molecule has 3 aromatic carbocycles. The molecule has 74 heavy (non-hydrogen) atoms. The summed E-state index contributed by atoms with van der Waals surface area (Å²) in [5, 5.41) is 18.3. The molecule has 3 unspecified atom stereocenters. The van der Waals surface area contributed by atoms with Gasteiger partial charge in [0, 0.05) is 80.8 Å². The molecule has 4 aliphatic heterocycles. The van der Waals surface area contributed by atoms with Crippen LogP contribution in [0.2, 0.25) is 0 Å². The minimum Gasteiger partial charge on any atom is -0.508 e. The van der Waals surface area contributed by atoms with Gasteiger partial charge in [0.2, 0.25) is 5.91 Å². The van der Waals surface area contributed by atoms with Gasteiger partial charge in [-0.2, -0.15) is 9.97 Å². The van der Waals surface area contributed by atoms with Crippen molar-refractivity contribution in [2.45, 2.75) is 107 Å². The molecule has 1 spiro atoms. The summed E-state index contributed by atoms with van der Waals surface area (Å²) in [6, 6.07) is 12.4. The van der Waals surface area contributed by atoms with Crippen LogP contribution in [0.3, 0.4) is 0 Å². The number of likely N-dealkylation sites (N-methyl/N-ethyl adjacent to an activating group) is 1. The largest absolute Gasteiger partial charge is 0.508 e. The number of aldehydes is 1. The fraction of sp³-hybridized carbons (Fsp3) is 0.509. The quantitative estimate of drug-likeness (QED) is 0.0762. The van der Waals surface area contributed by atoms with Gasteiger partial charge in [-0.25, -0.2) is 13.6 Å². The van der Waals surface area contributed by atoms with E-state index in [-0.39, 0.29) is 69.3 Å². The number of benzene rings is 3. The first-order valence-electron chi connectivity index (χ1n) is 26.6. The third-order valence-corrected chi connectivity index (χ3v) is 17.9. The minimum absolute atomic E-state index is 0.0318. The number of nitrogens with zero attached hydrogens (tertiary/aromatic N) is 8. The number of carbonyl (C=O) groups is 2. The van der Waals surface area contributed by atoms with Crippen molar-refractivity contribution in [3.05, 3.63) is 81.9 Å². The number of carbonyl (C=O) groups excluding carboxylic acids is 2. The minimum atomic E-state index is -0.750. The maximum absolute atomic E-state index is 17.2. The standard InChI is InChI=1S/C57H64F2N10O5/c1-4-41-44(58)11-7-36-24-40(71)26-42(48(36)41)50-49(59)51-43(29-61-50)52(68-30-37-9-10-38(31-68)62-37)64-54(63-51)74-33-57(15-16-57)32-66-21-17-56(18-22-66)27-39(28-56)67-19-13-34(14-20-67)35-8-12-45-47(25-35)65(3)55(73)69(45)46(6-5-23-70)53(72)60-2/h1,7-8,11-12,23-26,29,34,37-39,46,62,71H,5-6,9-10,13-22,27-28,30-33H2,2-3H3,(H,60,72). The Morgan fingerprint density at radius 1 is 1.00 bits per heavy atom.